The fourth-order valence-electron chi connectivity index (χ4n) is 1.47. The van der Waals surface area contributed by atoms with Crippen molar-refractivity contribution in [1.29, 1.82) is 0 Å². The second-order valence-corrected chi connectivity index (χ2v) is 5.84. The van der Waals surface area contributed by atoms with E-state index in [9.17, 15) is 4.79 Å². The van der Waals surface area contributed by atoms with Gasteiger partial charge in [-0.2, -0.15) is 0 Å². The Bertz CT molecular complexity index is 246. The van der Waals surface area contributed by atoms with E-state index in [0.717, 1.165) is 38.8 Å². The van der Waals surface area contributed by atoms with Crippen LogP contribution in [0.2, 0.25) is 0 Å². The topological polar surface area (TPSA) is 32.3 Å². The zero-order chi connectivity index (χ0) is 14.0. The molecule has 0 aliphatic rings. The normalized spacial score (nSPS) is 11.8. The first kappa shape index (κ1) is 17.0. The smallest absolute Gasteiger partial charge is 0.321 e. The molecule has 0 rings (SSSR count). The van der Waals surface area contributed by atoms with E-state index in [1.54, 1.807) is 6.20 Å². The maximum atomic E-state index is 12.0. The van der Waals surface area contributed by atoms with Crippen LogP contribution in [0.25, 0.3) is 0 Å². The average molecular weight is 254 g/mol. The Hall–Kier alpha value is -0.990. The molecule has 0 aliphatic carbocycles. The number of carbonyl (C=O) groups excluding carboxylic acids is 1. The Morgan fingerprint density at radius 3 is 2.00 bits per heavy atom. The molecule has 0 saturated heterocycles. The number of unbranched alkanes of at least 4 members (excludes halogenated alkanes) is 2. The minimum absolute atomic E-state index is 0.0254. The molecule has 0 saturated carbocycles. The zero-order valence-electron chi connectivity index (χ0n) is 12.8. The van der Waals surface area contributed by atoms with Crippen LogP contribution in [-0.4, -0.2) is 24.0 Å². The van der Waals surface area contributed by atoms with E-state index in [1.165, 1.54) is 0 Å². The van der Waals surface area contributed by atoms with Crippen molar-refractivity contribution >= 4 is 6.03 Å². The van der Waals surface area contributed by atoms with Gasteiger partial charge in [-0.3, -0.25) is 0 Å². The van der Waals surface area contributed by atoms with Crippen molar-refractivity contribution in [3.8, 4) is 0 Å². The van der Waals surface area contributed by atoms with Gasteiger partial charge in [-0.1, -0.05) is 53.5 Å². The van der Waals surface area contributed by atoms with Crippen LogP contribution in [-0.2, 0) is 0 Å². The Balaban J connectivity index is 4.23. The van der Waals surface area contributed by atoms with Gasteiger partial charge in [0.25, 0.3) is 0 Å². The summed E-state index contributed by atoms with van der Waals surface area (Å²) in [7, 11) is 0. The summed E-state index contributed by atoms with van der Waals surface area (Å²) in [5, 5.41) is 2.86. The van der Waals surface area contributed by atoms with Crippen molar-refractivity contribution < 1.29 is 4.79 Å². The summed E-state index contributed by atoms with van der Waals surface area (Å²) in [6.45, 7) is 12.3. The molecule has 0 aromatic heterocycles. The van der Waals surface area contributed by atoms with E-state index in [2.05, 4.69) is 39.9 Å². The van der Waals surface area contributed by atoms with Crippen molar-refractivity contribution in [3.63, 3.8) is 0 Å². The molecule has 0 radical (unpaired) electrons. The van der Waals surface area contributed by atoms with Crippen LogP contribution >= 0.6 is 0 Å². The first-order valence-electron chi connectivity index (χ1n) is 7.14. The molecule has 0 bridgehead atoms. The monoisotopic (exact) mass is 254 g/mol. The Labute approximate surface area is 113 Å². The molecule has 1 N–H and O–H groups in total. The second-order valence-electron chi connectivity index (χ2n) is 5.84. The van der Waals surface area contributed by atoms with E-state index >= 15 is 0 Å². The zero-order valence-corrected chi connectivity index (χ0v) is 12.8. The van der Waals surface area contributed by atoms with Gasteiger partial charge in [0.2, 0.25) is 0 Å². The first-order valence-corrected chi connectivity index (χ1v) is 7.14. The number of nitrogens with one attached hydrogen (secondary N) is 1. The van der Waals surface area contributed by atoms with Crippen molar-refractivity contribution in [2.24, 2.45) is 5.41 Å². The average Bonchev–Trinajstić information content (AvgIpc) is 2.27. The third kappa shape index (κ3) is 9.08. The Morgan fingerprint density at radius 1 is 1.11 bits per heavy atom. The molecule has 3 heteroatoms. The van der Waals surface area contributed by atoms with Gasteiger partial charge in [-0.05, 0) is 18.3 Å². The number of carbonyl (C=O) groups is 1. The van der Waals surface area contributed by atoms with Crippen molar-refractivity contribution in [2.75, 3.05) is 13.1 Å². The van der Waals surface area contributed by atoms with Gasteiger partial charge in [0.15, 0.2) is 0 Å². The highest BCUT2D eigenvalue weighted by atomic mass is 16.2. The highest BCUT2D eigenvalue weighted by Gasteiger charge is 2.11. The highest BCUT2D eigenvalue weighted by molar-refractivity contribution is 5.75. The van der Waals surface area contributed by atoms with E-state index in [0.29, 0.717) is 0 Å². The molecule has 0 fully saturated rings. The van der Waals surface area contributed by atoms with Gasteiger partial charge in [-0.15, -0.1) is 0 Å². The minimum Gasteiger partial charge on any atom is -0.325 e. The summed E-state index contributed by atoms with van der Waals surface area (Å²) in [5.41, 5.74) is 0.102. The lowest BCUT2D eigenvalue weighted by Gasteiger charge is -2.22. The van der Waals surface area contributed by atoms with E-state index in [4.69, 9.17) is 0 Å². The number of allylic oxidation sites excluding steroid dienone is 1. The fraction of sp³-hybridized carbons (Fsp3) is 0.800. The molecule has 0 atom stereocenters. The van der Waals surface area contributed by atoms with Crippen LogP contribution in [0, 0.1) is 5.41 Å². The van der Waals surface area contributed by atoms with Gasteiger partial charge in [0.1, 0.15) is 0 Å². The van der Waals surface area contributed by atoms with Crippen molar-refractivity contribution in [1.82, 2.24) is 10.2 Å². The van der Waals surface area contributed by atoms with Gasteiger partial charge < -0.3 is 10.2 Å². The number of hydrogen-bond donors (Lipinski definition) is 1. The second kappa shape index (κ2) is 9.01. The molecule has 0 aromatic rings. The molecule has 0 aliphatic heterocycles. The molecule has 2 amide bonds. The number of rotatable bonds is 7. The third-order valence-corrected chi connectivity index (χ3v) is 2.64. The molecular weight excluding hydrogens is 224 g/mol. The first-order chi connectivity index (χ1) is 8.40. The molecule has 0 heterocycles. The van der Waals surface area contributed by atoms with E-state index in [1.807, 2.05) is 11.0 Å². The van der Waals surface area contributed by atoms with E-state index in [-0.39, 0.29) is 11.4 Å². The Kier molecular flexibility index (Phi) is 8.51. The van der Waals surface area contributed by atoms with Crippen molar-refractivity contribution in [3.05, 3.63) is 12.3 Å². The lowest BCUT2D eigenvalue weighted by molar-refractivity contribution is 0.199. The number of amides is 2. The van der Waals surface area contributed by atoms with Gasteiger partial charge in [-0.25, -0.2) is 4.79 Å². The molecule has 0 spiro atoms. The molecule has 18 heavy (non-hydrogen) atoms. The Morgan fingerprint density at radius 2 is 1.61 bits per heavy atom. The van der Waals surface area contributed by atoms with Crippen LogP contribution in [0.4, 0.5) is 4.79 Å². The summed E-state index contributed by atoms with van der Waals surface area (Å²) in [6.07, 6.45) is 8.16. The summed E-state index contributed by atoms with van der Waals surface area (Å²) in [4.78, 5) is 13.9. The van der Waals surface area contributed by atoms with Crippen LogP contribution in [0.5, 0.6) is 0 Å². The predicted octanol–water partition coefficient (Wildman–Crippen LogP) is 4.16. The van der Waals surface area contributed by atoms with Crippen LogP contribution in [0.3, 0.4) is 0 Å². The quantitative estimate of drug-likeness (QED) is 0.727. The van der Waals surface area contributed by atoms with Crippen LogP contribution < -0.4 is 5.32 Å². The third-order valence-electron chi connectivity index (χ3n) is 2.64. The maximum Gasteiger partial charge on any atom is 0.321 e. The molecule has 0 unspecified atom stereocenters. The predicted molar refractivity (Wildman–Crippen MR) is 78.5 cm³/mol. The van der Waals surface area contributed by atoms with Gasteiger partial charge in [0.05, 0.1) is 0 Å². The fourth-order valence-corrected chi connectivity index (χ4v) is 1.47. The summed E-state index contributed by atoms with van der Waals surface area (Å²) in [6, 6.07) is 0.0254. The maximum absolute atomic E-state index is 12.0. The SMILES string of the molecule is CCCCN(CCCC)C(=O)N/C=C/C(C)(C)C. The molecule has 3 nitrogen and oxygen atoms in total. The highest BCUT2D eigenvalue weighted by Crippen LogP contribution is 2.13. The largest absolute Gasteiger partial charge is 0.325 e. The van der Waals surface area contributed by atoms with Crippen LogP contribution in [0.15, 0.2) is 12.3 Å². The lowest BCUT2D eigenvalue weighted by atomic mass is 9.97. The van der Waals surface area contributed by atoms with Crippen molar-refractivity contribution in [2.45, 2.75) is 60.3 Å². The number of nitrogens with zero attached hydrogens (tertiary/aromatic N) is 1. The van der Waals surface area contributed by atoms with Gasteiger partial charge >= 0.3 is 6.03 Å². The van der Waals surface area contributed by atoms with Gasteiger partial charge in [0, 0.05) is 19.3 Å². The van der Waals surface area contributed by atoms with Crippen LogP contribution in [0.1, 0.15) is 60.3 Å². The standard InChI is InChI=1S/C15H30N2O/c1-6-8-12-17(13-9-7-2)14(18)16-11-10-15(3,4)5/h10-11H,6-9,12-13H2,1-5H3,(H,16,18)/b11-10+. The number of hydrogen-bond acceptors (Lipinski definition) is 1. The summed E-state index contributed by atoms with van der Waals surface area (Å²) < 4.78 is 0. The summed E-state index contributed by atoms with van der Waals surface area (Å²) >= 11 is 0. The lowest BCUT2D eigenvalue weighted by Crippen LogP contribution is -2.39. The molecular formula is C15H30N2O. The minimum atomic E-state index is 0.0254. The molecule has 0 aromatic carbocycles. The number of urea groups is 1. The summed E-state index contributed by atoms with van der Waals surface area (Å²) in [5.74, 6) is 0. The molecule has 106 valence electrons. The van der Waals surface area contributed by atoms with E-state index < -0.39 is 0 Å².